The fraction of sp³-hybridized carbons (Fsp3) is 0.786. The molecule has 0 aliphatic heterocycles. The van der Waals surface area contributed by atoms with Gasteiger partial charge in [0.15, 0.2) is 0 Å². The van der Waals surface area contributed by atoms with Gasteiger partial charge in [0.1, 0.15) is 11.7 Å². The molecule has 17 heavy (non-hydrogen) atoms. The van der Waals surface area contributed by atoms with Crippen LogP contribution in [-0.4, -0.2) is 22.8 Å². The highest BCUT2D eigenvalue weighted by Gasteiger charge is 2.63. The molecule has 4 bridgehead atoms. The van der Waals surface area contributed by atoms with Crippen molar-refractivity contribution >= 4 is 5.97 Å². The van der Waals surface area contributed by atoms with Crippen LogP contribution in [0.4, 0.5) is 0 Å². The van der Waals surface area contributed by atoms with E-state index in [1.165, 1.54) is 12.5 Å². The third-order valence-electron chi connectivity index (χ3n) is 5.36. The first-order chi connectivity index (χ1) is 7.93. The maximum atomic E-state index is 11.2. The molecule has 0 aromatic carbocycles. The lowest BCUT2D eigenvalue weighted by molar-refractivity contribution is -0.229. The maximum absolute atomic E-state index is 11.2. The van der Waals surface area contributed by atoms with Crippen LogP contribution in [0.15, 0.2) is 12.2 Å². The van der Waals surface area contributed by atoms with E-state index in [0.717, 1.165) is 19.3 Å². The number of hydrogen-bond donors (Lipinski definition) is 1. The number of aliphatic hydroxyl groups is 1. The standard InChI is InChI=1S/C14H20O3/c1-7-11-4-10-5-12(7)13(17-9(3)15)14(16,6-11)8(10)2/h8,10-13,16H,1,4-6H2,2-3H3. The Hall–Kier alpha value is -0.830. The molecule has 6 atom stereocenters. The molecule has 3 heteroatoms. The summed E-state index contributed by atoms with van der Waals surface area (Å²) < 4.78 is 5.42. The molecule has 94 valence electrons. The molecular formula is C14H20O3. The first kappa shape index (κ1) is 11.3. The van der Waals surface area contributed by atoms with Gasteiger partial charge in [-0.25, -0.2) is 0 Å². The Bertz CT molecular complexity index is 389. The minimum Gasteiger partial charge on any atom is -0.459 e. The van der Waals surface area contributed by atoms with Crippen molar-refractivity contribution in [1.29, 1.82) is 0 Å². The van der Waals surface area contributed by atoms with Gasteiger partial charge in [0, 0.05) is 12.8 Å². The second-order valence-electron chi connectivity index (χ2n) is 6.12. The zero-order chi connectivity index (χ0) is 12.4. The van der Waals surface area contributed by atoms with E-state index < -0.39 is 5.60 Å². The zero-order valence-corrected chi connectivity index (χ0v) is 10.5. The number of ether oxygens (including phenoxy) is 1. The van der Waals surface area contributed by atoms with Crippen molar-refractivity contribution in [2.24, 2.45) is 23.7 Å². The van der Waals surface area contributed by atoms with Gasteiger partial charge in [-0.1, -0.05) is 19.1 Å². The summed E-state index contributed by atoms with van der Waals surface area (Å²) in [5.74, 6) is 1.12. The Kier molecular flexibility index (Phi) is 2.22. The van der Waals surface area contributed by atoms with Crippen molar-refractivity contribution in [3.8, 4) is 0 Å². The molecule has 0 spiro atoms. The van der Waals surface area contributed by atoms with Gasteiger partial charge >= 0.3 is 5.97 Å². The van der Waals surface area contributed by atoms with Gasteiger partial charge in [-0.15, -0.1) is 0 Å². The van der Waals surface area contributed by atoms with Crippen LogP contribution in [0, 0.1) is 23.7 Å². The third-order valence-corrected chi connectivity index (χ3v) is 5.36. The molecule has 4 fully saturated rings. The van der Waals surface area contributed by atoms with Crippen molar-refractivity contribution < 1.29 is 14.6 Å². The average molecular weight is 236 g/mol. The van der Waals surface area contributed by atoms with Gasteiger partial charge in [-0.2, -0.15) is 0 Å². The van der Waals surface area contributed by atoms with Crippen LogP contribution in [0.1, 0.15) is 33.1 Å². The second-order valence-corrected chi connectivity index (χ2v) is 6.12. The molecule has 3 nitrogen and oxygen atoms in total. The van der Waals surface area contributed by atoms with Gasteiger partial charge in [0.2, 0.25) is 0 Å². The first-order valence-corrected chi connectivity index (χ1v) is 6.51. The lowest BCUT2D eigenvalue weighted by Crippen LogP contribution is -2.66. The molecule has 0 saturated heterocycles. The number of carbonyl (C=O) groups excluding carboxylic acids is 1. The fourth-order valence-electron chi connectivity index (χ4n) is 4.41. The topological polar surface area (TPSA) is 46.5 Å². The van der Waals surface area contributed by atoms with Crippen LogP contribution in [0.3, 0.4) is 0 Å². The van der Waals surface area contributed by atoms with E-state index >= 15 is 0 Å². The molecule has 4 aliphatic carbocycles. The number of hydrogen-bond acceptors (Lipinski definition) is 3. The largest absolute Gasteiger partial charge is 0.459 e. The predicted molar refractivity (Wildman–Crippen MR) is 63.1 cm³/mol. The summed E-state index contributed by atoms with van der Waals surface area (Å²) in [7, 11) is 0. The first-order valence-electron chi connectivity index (χ1n) is 6.51. The van der Waals surface area contributed by atoms with Crippen LogP contribution >= 0.6 is 0 Å². The quantitative estimate of drug-likeness (QED) is 0.558. The van der Waals surface area contributed by atoms with Gasteiger partial charge < -0.3 is 9.84 Å². The Labute approximate surface area is 102 Å². The van der Waals surface area contributed by atoms with Gasteiger partial charge in [0.05, 0.1) is 0 Å². The van der Waals surface area contributed by atoms with Crippen LogP contribution in [-0.2, 0) is 9.53 Å². The van der Waals surface area contributed by atoms with Crippen LogP contribution < -0.4 is 0 Å². The van der Waals surface area contributed by atoms with E-state index in [-0.39, 0.29) is 23.9 Å². The van der Waals surface area contributed by atoms with Crippen LogP contribution in [0.5, 0.6) is 0 Å². The summed E-state index contributed by atoms with van der Waals surface area (Å²) in [6.07, 6.45) is 2.54. The van der Waals surface area contributed by atoms with Crippen molar-refractivity contribution in [2.45, 2.75) is 44.8 Å². The molecule has 4 saturated carbocycles. The molecule has 4 rings (SSSR count). The minimum absolute atomic E-state index is 0.178. The molecule has 0 heterocycles. The van der Waals surface area contributed by atoms with E-state index in [4.69, 9.17) is 4.74 Å². The average Bonchev–Trinajstić information content (AvgIpc) is 2.24. The van der Waals surface area contributed by atoms with E-state index in [0.29, 0.717) is 11.8 Å². The van der Waals surface area contributed by atoms with E-state index in [9.17, 15) is 9.90 Å². The Morgan fingerprint density at radius 3 is 2.88 bits per heavy atom. The monoisotopic (exact) mass is 236 g/mol. The number of esters is 1. The maximum Gasteiger partial charge on any atom is 0.303 e. The summed E-state index contributed by atoms with van der Waals surface area (Å²) in [5.41, 5.74) is 0.382. The zero-order valence-electron chi connectivity index (χ0n) is 10.5. The molecule has 0 amide bonds. The highest BCUT2D eigenvalue weighted by atomic mass is 16.6. The normalized spacial score (nSPS) is 51.7. The highest BCUT2D eigenvalue weighted by molar-refractivity contribution is 5.66. The SMILES string of the molecule is C=C1C2CC3CC1C(OC(C)=O)C(O)(C2)C3C. The molecule has 0 aromatic heterocycles. The molecule has 0 aromatic rings. The molecule has 4 aliphatic rings. The lowest BCUT2D eigenvalue weighted by atomic mass is 9.47. The van der Waals surface area contributed by atoms with Crippen LogP contribution in [0.25, 0.3) is 0 Å². The summed E-state index contributed by atoms with van der Waals surface area (Å²) >= 11 is 0. The van der Waals surface area contributed by atoms with E-state index in [1.54, 1.807) is 0 Å². The van der Waals surface area contributed by atoms with Gasteiger partial charge in [-0.05, 0) is 37.0 Å². The molecular weight excluding hydrogens is 216 g/mol. The van der Waals surface area contributed by atoms with Crippen molar-refractivity contribution in [3.05, 3.63) is 12.2 Å². The van der Waals surface area contributed by atoms with Crippen molar-refractivity contribution in [2.75, 3.05) is 0 Å². The third kappa shape index (κ3) is 1.35. The molecule has 6 unspecified atom stereocenters. The lowest BCUT2D eigenvalue weighted by Gasteiger charge is -2.62. The Morgan fingerprint density at radius 1 is 1.53 bits per heavy atom. The number of carbonyl (C=O) groups is 1. The van der Waals surface area contributed by atoms with Crippen molar-refractivity contribution in [1.82, 2.24) is 0 Å². The Morgan fingerprint density at radius 2 is 2.24 bits per heavy atom. The minimum atomic E-state index is -0.816. The predicted octanol–water partition coefficient (Wildman–Crippen LogP) is 1.90. The summed E-state index contributed by atoms with van der Waals surface area (Å²) in [5, 5.41) is 10.9. The van der Waals surface area contributed by atoms with E-state index in [1.807, 2.05) is 0 Å². The van der Waals surface area contributed by atoms with Crippen LogP contribution in [0.2, 0.25) is 0 Å². The van der Waals surface area contributed by atoms with E-state index in [2.05, 4.69) is 13.5 Å². The Balaban J connectivity index is 1.98. The summed E-state index contributed by atoms with van der Waals surface area (Å²) in [6, 6.07) is 0. The molecule has 0 radical (unpaired) electrons. The van der Waals surface area contributed by atoms with Gasteiger partial charge in [0.25, 0.3) is 0 Å². The number of rotatable bonds is 1. The smallest absolute Gasteiger partial charge is 0.303 e. The highest BCUT2D eigenvalue weighted by Crippen LogP contribution is 2.60. The second kappa shape index (κ2) is 3.35. The summed E-state index contributed by atoms with van der Waals surface area (Å²) in [4.78, 5) is 11.2. The van der Waals surface area contributed by atoms with Crippen molar-refractivity contribution in [3.63, 3.8) is 0 Å². The van der Waals surface area contributed by atoms with Gasteiger partial charge in [-0.3, -0.25) is 4.79 Å². The molecule has 1 N–H and O–H groups in total. The summed E-state index contributed by atoms with van der Waals surface area (Å²) in [6.45, 7) is 7.68. The fourth-order valence-corrected chi connectivity index (χ4v) is 4.41.